The van der Waals surface area contributed by atoms with Crippen LogP contribution in [-0.2, 0) is 4.74 Å². The summed E-state index contributed by atoms with van der Waals surface area (Å²) >= 11 is 0. The summed E-state index contributed by atoms with van der Waals surface area (Å²) in [5.41, 5.74) is 1.31. The molecule has 0 aliphatic rings. The first-order valence-electron chi connectivity index (χ1n) is 7.51. The lowest BCUT2D eigenvalue weighted by atomic mass is 10.1. The van der Waals surface area contributed by atoms with Gasteiger partial charge in [0.1, 0.15) is 11.4 Å². The maximum Gasteiger partial charge on any atom is 0.357 e. The summed E-state index contributed by atoms with van der Waals surface area (Å²) in [7, 11) is 0. The van der Waals surface area contributed by atoms with Crippen molar-refractivity contribution in [2.24, 2.45) is 0 Å². The smallest absolute Gasteiger partial charge is 0.357 e. The lowest BCUT2D eigenvalue weighted by Gasteiger charge is -2.14. The summed E-state index contributed by atoms with van der Waals surface area (Å²) in [6.07, 6.45) is -0.236. The van der Waals surface area contributed by atoms with E-state index >= 15 is 0 Å². The molecule has 120 valence electrons. The molecule has 5 nitrogen and oxygen atoms in total. The van der Waals surface area contributed by atoms with Crippen molar-refractivity contribution in [1.29, 1.82) is 0 Å². The molecular weight excluding hydrogens is 292 g/mol. The maximum atomic E-state index is 12.3. The maximum absolute atomic E-state index is 12.3. The zero-order valence-corrected chi connectivity index (χ0v) is 13.4. The summed E-state index contributed by atoms with van der Waals surface area (Å²) in [5, 5.41) is 2.87. The first-order chi connectivity index (χ1) is 11.0. The fourth-order valence-corrected chi connectivity index (χ4v) is 2.04. The van der Waals surface area contributed by atoms with Crippen molar-refractivity contribution in [2.45, 2.75) is 32.9 Å². The van der Waals surface area contributed by atoms with Gasteiger partial charge in [0.15, 0.2) is 0 Å². The summed E-state index contributed by atoms with van der Waals surface area (Å²) in [4.78, 5) is 28.2. The fraction of sp³-hybridized carbons (Fsp3) is 0.278. The number of hydrogen-bond acceptors (Lipinski definition) is 4. The van der Waals surface area contributed by atoms with Crippen molar-refractivity contribution in [2.75, 3.05) is 0 Å². The van der Waals surface area contributed by atoms with Crippen LogP contribution in [0.2, 0.25) is 0 Å². The molecule has 1 N–H and O–H groups in total. The lowest BCUT2D eigenvalue weighted by molar-refractivity contribution is 0.0371. The Hall–Kier alpha value is -2.69. The van der Waals surface area contributed by atoms with E-state index in [2.05, 4.69) is 10.3 Å². The minimum absolute atomic E-state index is 0.124. The zero-order chi connectivity index (χ0) is 16.8. The predicted octanol–water partition coefficient (Wildman–Crippen LogP) is 3.14. The van der Waals surface area contributed by atoms with Crippen LogP contribution in [0.3, 0.4) is 0 Å². The molecule has 1 aromatic carbocycles. The zero-order valence-electron chi connectivity index (χ0n) is 13.4. The molecule has 1 amide bonds. The van der Waals surface area contributed by atoms with Crippen LogP contribution in [0.4, 0.5) is 0 Å². The summed E-state index contributed by atoms with van der Waals surface area (Å²) in [6, 6.07) is 14.2. The lowest BCUT2D eigenvalue weighted by Crippen LogP contribution is -2.28. The third kappa shape index (κ3) is 4.64. The van der Waals surface area contributed by atoms with Gasteiger partial charge in [-0.05, 0) is 38.5 Å². The molecule has 1 aromatic heterocycles. The third-order valence-electron chi connectivity index (χ3n) is 3.18. The quantitative estimate of drug-likeness (QED) is 0.861. The number of esters is 1. The Labute approximate surface area is 135 Å². The predicted molar refractivity (Wildman–Crippen MR) is 87.1 cm³/mol. The summed E-state index contributed by atoms with van der Waals surface area (Å²) in [6.45, 7) is 5.41. The molecule has 0 fully saturated rings. The highest BCUT2D eigenvalue weighted by Crippen LogP contribution is 2.12. The Morgan fingerprint density at radius 2 is 1.61 bits per heavy atom. The van der Waals surface area contributed by atoms with E-state index in [4.69, 9.17) is 4.74 Å². The molecule has 0 aliphatic carbocycles. The number of carbonyl (C=O) groups excluding carboxylic acids is 2. The van der Waals surface area contributed by atoms with Gasteiger partial charge >= 0.3 is 5.97 Å². The Morgan fingerprint density at radius 1 is 0.957 bits per heavy atom. The first-order valence-corrected chi connectivity index (χ1v) is 7.51. The summed E-state index contributed by atoms with van der Waals surface area (Å²) < 4.78 is 5.09. The largest absolute Gasteiger partial charge is 0.458 e. The van der Waals surface area contributed by atoms with Crippen LogP contribution in [0.1, 0.15) is 53.4 Å². The van der Waals surface area contributed by atoms with Crippen molar-refractivity contribution >= 4 is 11.9 Å². The molecule has 0 radical (unpaired) electrons. The number of hydrogen-bond donors (Lipinski definition) is 1. The highest BCUT2D eigenvalue weighted by molar-refractivity contribution is 5.94. The minimum atomic E-state index is -0.536. The van der Waals surface area contributed by atoms with E-state index in [0.29, 0.717) is 0 Å². The fourth-order valence-electron chi connectivity index (χ4n) is 2.04. The molecule has 0 saturated carbocycles. The molecule has 1 heterocycles. The van der Waals surface area contributed by atoms with Crippen LogP contribution in [-0.4, -0.2) is 23.0 Å². The number of amides is 1. The Kier molecular flexibility index (Phi) is 5.46. The molecular formula is C18H20N2O3. The molecule has 1 unspecified atom stereocenters. The van der Waals surface area contributed by atoms with Crippen LogP contribution in [0.25, 0.3) is 0 Å². The number of rotatable bonds is 5. The van der Waals surface area contributed by atoms with Gasteiger partial charge in [0, 0.05) is 0 Å². The standard InChI is InChI=1S/C18H20N2O3/c1-12(2)23-18(22)16-11-7-10-15(20-16)17(21)19-13(3)14-8-5-4-6-9-14/h4-13H,1-3H3,(H,19,21). The molecule has 0 saturated heterocycles. The van der Waals surface area contributed by atoms with Gasteiger partial charge in [-0.3, -0.25) is 4.79 Å². The molecule has 2 rings (SSSR count). The Morgan fingerprint density at radius 3 is 2.26 bits per heavy atom. The number of aromatic nitrogens is 1. The monoisotopic (exact) mass is 312 g/mol. The van der Waals surface area contributed by atoms with Gasteiger partial charge in [-0.2, -0.15) is 0 Å². The SMILES string of the molecule is CC(C)OC(=O)c1cccc(C(=O)NC(C)c2ccccc2)n1. The molecule has 0 spiro atoms. The molecule has 0 aliphatic heterocycles. The summed E-state index contributed by atoms with van der Waals surface area (Å²) in [5.74, 6) is -0.869. The van der Waals surface area contributed by atoms with Gasteiger partial charge in [-0.25, -0.2) is 9.78 Å². The molecule has 2 aromatic rings. The van der Waals surface area contributed by atoms with Gasteiger partial charge in [0.2, 0.25) is 0 Å². The van der Waals surface area contributed by atoms with Crippen LogP contribution in [0, 0.1) is 0 Å². The normalized spacial score (nSPS) is 11.8. The van der Waals surface area contributed by atoms with Gasteiger partial charge < -0.3 is 10.1 Å². The van der Waals surface area contributed by atoms with Crippen molar-refractivity contribution < 1.29 is 14.3 Å². The second-order valence-electron chi connectivity index (χ2n) is 5.47. The van der Waals surface area contributed by atoms with Gasteiger partial charge in [-0.1, -0.05) is 36.4 Å². The van der Waals surface area contributed by atoms with Gasteiger partial charge in [0.05, 0.1) is 12.1 Å². The minimum Gasteiger partial charge on any atom is -0.458 e. The van der Waals surface area contributed by atoms with E-state index in [1.54, 1.807) is 26.0 Å². The second kappa shape index (κ2) is 7.54. The molecule has 0 bridgehead atoms. The van der Waals surface area contributed by atoms with E-state index in [1.165, 1.54) is 6.07 Å². The van der Waals surface area contributed by atoms with Crippen LogP contribution in [0.15, 0.2) is 48.5 Å². The van der Waals surface area contributed by atoms with Crippen molar-refractivity contribution in [1.82, 2.24) is 10.3 Å². The average Bonchev–Trinajstić information content (AvgIpc) is 2.55. The Balaban J connectivity index is 2.09. The van der Waals surface area contributed by atoms with Gasteiger partial charge in [0.25, 0.3) is 5.91 Å². The number of carbonyl (C=O) groups is 2. The average molecular weight is 312 g/mol. The topological polar surface area (TPSA) is 68.3 Å². The van der Waals surface area contributed by atoms with E-state index in [-0.39, 0.29) is 29.4 Å². The first kappa shape index (κ1) is 16.7. The molecule has 23 heavy (non-hydrogen) atoms. The van der Waals surface area contributed by atoms with E-state index in [9.17, 15) is 9.59 Å². The van der Waals surface area contributed by atoms with Crippen LogP contribution in [0.5, 0.6) is 0 Å². The highest BCUT2D eigenvalue weighted by atomic mass is 16.5. The molecule has 1 atom stereocenters. The second-order valence-corrected chi connectivity index (χ2v) is 5.47. The number of pyridine rings is 1. The number of ether oxygens (including phenoxy) is 1. The van der Waals surface area contributed by atoms with Crippen LogP contribution < -0.4 is 5.32 Å². The Bertz CT molecular complexity index is 684. The van der Waals surface area contributed by atoms with E-state index in [1.807, 2.05) is 37.3 Å². The number of nitrogens with one attached hydrogen (secondary N) is 1. The third-order valence-corrected chi connectivity index (χ3v) is 3.18. The van der Waals surface area contributed by atoms with Crippen molar-refractivity contribution in [3.05, 3.63) is 65.5 Å². The van der Waals surface area contributed by atoms with Crippen molar-refractivity contribution in [3.63, 3.8) is 0 Å². The van der Waals surface area contributed by atoms with E-state index < -0.39 is 5.97 Å². The number of nitrogens with zero attached hydrogens (tertiary/aromatic N) is 1. The molecule has 5 heteroatoms. The number of benzene rings is 1. The van der Waals surface area contributed by atoms with Crippen molar-refractivity contribution in [3.8, 4) is 0 Å². The highest BCUT2D eigenvalue weighted by Gasteiger charge is 2.16. The van der Waals surface area contributed by atoms with Crippen LogP contribution >= 0.6 is 0 Å². The van der Waals surface area contributed by atoms with E-state index in [0.717, 1.165) is 5.56 Å². The van der Waals surface area contributed by atoms with Gasteiger partial charge in [-0.15, -0.1) is 0 Å².